The molecule has 266 valence electrons. The van der Waals surface area contributed by atoms with Gasteiger partial charge in [-0.2, -0.15) is 0 Å². The lowest BCUT2D eigenvalue weighted by Gasteiger charge is -2.53. The van der Waals surface area contributed by atoms with E-state index in [0.717, 1.165) is 43.2 Å². The second kappa shape index (κ2) is 14.0. The van der Waals surface area contributed by atoms with Gasteiger partial charge in [-0.1, -0.05) is 53.7 Å². The first kappa shape index (κ1) is 39.2. The van der Waals surface area contributed by atoms with Crippen molar-refractivity contribution in [2.24, 2.45) is 0 Å². The van der Waals surface area contributed by atoms with Crippen LogP contribution < -0.4 is 0 Å². The molecule has 2 saturated heterocycles. The topological polar surface area (TPSA) is 63.6 Å². The van der Waals surface area contributed by atoms with Gasteiger partial charge in [-0.25, -0.2) is 0 Å². The number of aromatic hydroxyl groups is 1. The Morgan fingerprint density at radius 2 is 1.00 bits per heavy atom. The van der Waals surface area contributed by atoms with Gasteiger partial charge in [0.2, 0.25) is 0 Å². The quantitative estimate of drug-likeness (QED) is 0.242. The molecule has 0 aliphatic carbocycles. The van der Waals surface area contributed by atoms with Crippen molar-refractivity contribution in [1.29, 1.82) is 0 Å². The number of rotatable bonds is 11. The molecule has 0 radical (unpaired) electrons. The van der Waals surface area contributed by atoms with Crippen LogP contribution in [0.1, 0.15) is 146 Å². The number of phenolic OH excluding ortho intramolecular Hbond substituents is 1. The molecule has 0 bridgehead atoms. The summed E-state index contributed by atoms with van der Waals surface area (Å²) in [5.41, 5.74) is 2.92. The van der Waals surface area contributed by atoms with Crippen LogP contribution in [0.15, 0.2) is 12.1 Å². The third-order valence-electron chi connectivity index (χ3n) is 11.1. The zero-order valence-corrected chi connectivity index (χ0v) is 32.5. The van der Waals surface area contributed by atoms with Crippen LogP contribution in [0.5, 0.6) is 5.75 Å². The Balaban J connectivity index is 1.74. The molecule has 2 aliphatic heterocycles. The van der Waals surface area contributed by atoms with Crippen molar-refractivity contribution >= 4 is 0 Å². The molecule has 46 heavy (non-hydrogen) atoms. The maximum atomic E-state index is 11.2. The molecule has 2 aliphatic rings. The van der Waals surface area contributed by atoms with Crippen LogP contribution in [-0.2, 0) is 36.2 Å². The van der Waals surface area contributed by atoms with Crippen molar-refractivity contribution in [3.05, 3.63) is 28.8 Å². The molecule has 0 atom stereocenters. The predicted octanol–water partition coefficient (Wildman–Crippen LogP) is 8.53. The monoisotopic (exact) mass is 647 g/mol. The molecule has 2 heterocycles. The summed E-state index contributed by atoms with van der Waals surface area (Å²) in [4.78, 5) is 4.93. The largest absolute Gasteiger partial charge is 0.507 e. The summed E-state index contributed by atoms with van der Waals surface area (Å²) in [5.74, 6) is 0.405. The summed E-state index contributed by atoms with van der Waals surface area (Å²) < 4.78 is 25.4. The highest BCUT2D eigenvalue weighted by Crippen LogP contribution is 2.41. The highest BCUT2D eigenvalue weighted by Gasteiger charge is 2.44. The fourth-order valence-electron chi connectivity index (χ4n) is 7.70. The molecule has 0 unspecified atom stereocenters. The first-order valence-corrected chi connectivity index (χ1v) is 17.6. The molecule has 1 aromatic carbocycles. The van der Waals surface area contributed by atoms with E-state index >= 15 is 0 Å². The zero-order valence-electron chi connectivity index (χ0n) is 32.5. The number of nitrogens with zero attached hydrogens (tertiary/aromatic N) is 2. The van der Waals surface area contributed by atoms with E-state index in [1.54, 1.807) is 0 Å². The fraction of sp³-hybridized carbons (Fsp3) is 0.846. The fourth-order valence-corrected chi connectivity index (χ4v) is 7.70. The van der Waals surface area contributed by atoms with Gasteiger partial charge in [-0.3, -0.25) is 9.80 Å². The van der Waals surface area contributed by atoms with Crippen LogP contribution >= 0.6 is 0 Å². The SMILES string of the molecule is CN1C(C)(C)CC(OCOC(CCc2cc(C(C)(C)C)c(O)c(C(C)(C)C)c2)OCOC2CC(C)(C)N(C)C(C)(C)C2)CC1(C)C. The second-order valence-corrected chi connectivity index (χ2v) is 18.8. The molecule has 0 amide bonds. The number of hydrogen-bond donors (Lipinski definition) is 1. The van der Waals surface area contributed by atoms with Gasteiger partial charge in [0.05, 0.1) is 12.2 Å². The van der Waals surface area contributed by atoms with Crippen LogP contribution in [0.3, 0.4) is 0 Å². The van der Waals surface area contributed by atoms with Gasteiger partial charge in [0.25, 0.3) is 0 Å². The molecule has 3 rings (SSSR count). The van der Waals surface area contributed by atoms with Crippen molar-refractivity contribution < 1.29 is 24.1 Å². The van der Waals surface area contributed by atoms with Gasteiger partial charge in [0, 0.05) is 28.6 Å². The normalized spacial score (nSPS) is 22.9. The van der Waals surface area contributed by atoms with E-state index in [4.69, 9.17) is 18.9 Å². The molecule has 7 heteroatoms. The molecule has 1 aromatic rings. The third-order valence-corrected chi connectivity index (χ3v) is 11.1. The summed E-state index contributed by atoms with van der Waals surface area (Å²) in [7, 11) is 4.42. The Labute approximate surface area is 282 Å². The molecule has 1 N–H and O–H groups in total. The Hall–Kier alpha value is -1.22. The minimum Gasteiger partial charge on any atom is -0.507 e. The Kier molecular flexibility index (Phi) is 11.9. The number of phenols is 1. The second-order valence-electron chi connectivity index (χ2n) is 18.8. The maximum absolute atomic E-state index is 11.2. The molecular formula is C39H70N2O5. The maximum Gasteiger partial charge on any atom is 0.163 e. The van der Waals surface area contributed by atoms with Crippen LogP contribution in [0, 0.1) is 0 Å². The van der Waals surface area contributed by atoms with Gasteiger partial charge in [0.15, 0.2) is 6.29 Å². The smallest absolute Gasteiger partial charge is 0.163 e. The lowest BCUT2D eigenvalue weighted by molar-refractivity contribution is -0.254. The van der Waals surface area contributed by atoms with Crippen molar-refractivity contribution in [1.82, 2.24) is 9.80 Å². The molecule has 7 nitrogen and oxygen atoms in total. The van der Waals surface area contributed by atoms with E-state index in [9.17, 15) is 5.11 Å². The Morgan fingerprint density at radius 3 is 1.30 bits per heavy atom. The van der Waals surface area contributed by atoms with Crippen molar-refractivity contribution in [3.8, 4) is 5.75 Å². The predicted molar refractivity (Wildman–Crippen MR) is 190 cm³/mol. The lowest BCUT2D eigenvalue weighted by Crippen LogP contribution is -2.60. The van der Waals surface area contributed by atoms with Gasteiger partial charge in [0.1, 0.15) is 19.3 Å². The van der Waals surface area contributed by atoms with Gasteiger partial charge >= 0.3 is 0 Å². The number of ether oxygens (including phenoxy) is 4. The summed E-state index contributed by atoms with van der Waals surface area (Å²) >= 11 is 0. The highest BCUT2D eigenvalue weighted by atomic mass is 16.8. The average Bonchev–Trinajstić information content (AvgIpc) is 2.87. The Morgan fingerprint density at radius 1 is 0.674 bits per heavy atom. The minimum absolute atomic E-state index is 0.0418. The lowest BCUT2D eigenvalue weighted by atomic mass is 9.78. The number of likely N-dealkylation sites (tertiary alicyclic amines) is 2. The minimum atomic E-state index is -0.482. The van der Waals surface area contributed by atoms with E-state index in [0.29, 0.717) is 12.2 Å². The number of benzene rings is 1. The number of aryl methyl sites for hydroxylation is 1. The first-order chi connectivity index (χ1) is 20.8. The van der Waals surface area contributed by atoms with E-state index in [2.05, 4.69) is 133 Å². The zero-order chi connectivity index (χ0) is 35.1. The first-order valence-electron chi connectivity index (χ1n) is 17.6. The van der Waals surface area contributed by atoms with Gasteiger partial charge in [-0.15, -0.1) is 0 Å². The molecular weight excluding hydrogens is 576 g/mol. The molecule has 0 spiro atoms. The number of piperidine rings is 2. The Bertz CT molecular complexity index is 1040. The van der Waals surface area contributed by atoms with E-state index in [1.165, 1.54) is 5.56 Å². The molecule has 0 aromatic heterocycles. The van der Waals surface area contributed by atoms with E-state index < -0.39 is 6.29 Å². The molecule has 0 saturated carbocycles. The van der Waals surface area contributed by atoms with Crippen LogP contribution in [0.2, 0.25) is 0 Å². The van der Waals surface area contributed by atoms with Crippen molar-refractivity contribution in [2.45, 2.75) is 187 Å². The van der Waals surface area contributed by atoms with Crippen LogP contribution in [-0.4, -0.2) is 83.2 Å². The van der Waals surface area contributed by atoms with Gasteiger partial charge < -0.3 is 24.1 Å². The van der Waals surface area contributed by atoms with E-state index in [-0.39, 0.29) is 58.8 Å². The average molecular weight is 647 g/mol. The summed E-state index contributed by atoms with van der Waals surface area (Å²) in [5, 5.41) is 11.2. The standard InChI is InChI=1S/C39H70N2O5/c1-34(2,3)30-19-27(20-31(33(30)42)35(4,5)6)17-18-32(45-25-43-28-21-36(7,8)40(15)37(9,10)22-28)46-26-44-29-23-38(11,12)41(16)39(13,14)24-29/h19-20,28-29,32,42H,17-18,21-26H2,1-16H3. The van der Waals surface area contributed by atoms with Crippen LogP contribution in [0.4, 0.5) is 0 Å². The summed E-state index contributed by atoms with van der Waals surface area (Å²) in [6, 6.07) is 4.31. The third kappa shape index (κ3) is 9.69. The van der Waals surface area contributed by atoms with Crippen molar-refractivity contribution in [3.63, 3.8) is 0 Å². The highest BCUT2D eigenvalue weighted by molar-refractivity contribution is 5.50. The van der Waals surface area contributed by atoms with Crippen molar-refractivity contribution in [2.75, 3.05) is 27.7 Å². The molecule has 2 fully saturated rings. The summed E-state index contributed by atoms with van der Waals surface area (Å²) in [6.45, 7) is 31.6. The van der Waals surface area contributed by atoms with Gasteiger partial charge in [-0.05, 0) is 129 Å². The van der Waals surface area contributed by atoms with Crippen LogP contribution in [0.25, 0.3) is 0 Å². The summed E-state index contributed by atoms with van der Waals surface area (Å²) in [6.07, 6.45) is 4.95. The van der Waals surface area contributed by atoms with E-state index in [1.807, 2.05) is 0 Å². The number of hydrogen-bond acceptors (Lipinski definition) is 7.